The number of nitriles is 1. The van der Waals surface area contributed by atoms with Crippen LogP contribution in [0.5, 0.6) is 0 Å². The summed E-state index contributed by atoms with van der Waals surface area (Å²) in [4.78, 5) is 24.2. The third-order valence-corrected chi connectivity index (χ3v) is 3.84. The molecule has 0 saturated carbocycles. The molecule has 9 heteroatoms. The van der Waals surface area contributed by atoms with Crippen LogP contribution in [0.25, 0.3) is 0 Å². The van der Waals surface area contributed by atoms with E-state index in [1.54, 1.807) is 60.3 Å². The number of carbonyl (C=O) groups excluding carboxylic acids is 2. The average Bonchev–Trinajstić information content (AvgIpc) is 3.15. The van der Waals surface area contributed by atoms with Crippen LogP contribution >= 0.6 is 0 Å². The van der Waals surface area contributed by atoms with E-state index in [4.69, 9.17) is 26.3 Å². The molecule has 0 aliphatic heterocycles. The van der Waals surface area contributed by atoms with Crippen LogP contribution in [0.4, 0.5) is 5.69 Å². The number of benzene rings is 1. The highest BCUT2D eigenvalue weighted by molar-refractivity contribution is 6.15. The summed E-state index contributed by atoms with van der Waals surface area (Å²) in [6.07, 6.45) is 1.69. The van der Waals surface area contributed by atoms with Crippen molar-refractivity contribution in [2.45, 2.75) is 5.54 Å². The molecule has 0 aliphatic rings. The van der Waals surface area contributed by atoms with Crippen LogP contribution in [0, 0.1) is 17.2 Å². The first kappa shape index (κ1) is 23.0. The SMILES string of the molecule is Cn1cccc1C(=O)C(C#N)C(=O)Nc1ccccc1.NC(CO)(CO)CO. The van der Waals surface area contributed by atoms with Crippen LogP contribution in [0.3, 0.4) is 0 Å². The van der Waals surface area contributed by atoms with Gasteiger partial charge in [-0.25, -0.2) is 0 Å². The summed E-state index contributed by atoms with van der Waals surface area (Å²) in [6, 6.07) is 13.8. The van der Waals surface area contributed by atoms with E-state index in [9.17, 15) is 9.59 Å². The van der Waals surface area contributed by atoms with E-state index in [1.165, 1.54) is 0 Å². The van der Waals surface area contributed by atoms with E-state index in [1.807, 2.05) is 6.07 Å². The number of carbonyl (C=O) groups is 2. The number of aliphatic hydroxyl groups excluding tert-OH is 3. The minimum Gasteiger partial charge on any atom is -0.394 e. The van der Waals surface area contributed by atoms with Crippen molar-refractivity contribution in [3.05, 3.63) is 54.4 Å². The van der Waals surface area contributed by atoms with Crippen molar-refractivity contribution in [3.63, 3.8) is 0 Å². The van der Waals surface area contributed by atoms with Gasteiger partial charge in [0.05, 0.1) is 37.1 Å². The Labute approximate surface area is 162 Å². The molecule has 0 bridgehead atoms. The van der Waals surface area contributed by atoms with Gasteiger partial charge in [0.25, 0.3) is 0 Å². The number of aromatic nitrogens is 1. The molecule has 0 radical (unpaired) electrons. The van der Waals surface area contributed by atoms with Gasteiger partial charge in [-0.15, -0.1) is 0 Å². The van der Waals surface area contributed by atoms with Gasteiger partial charge in [-0.1, -0.05) is 18.2 Å². The Hall–Kier alpha value is -3.03. The standard InChI is InChI=1S/C15H13N3O2.C4H11NO3/c1-18-9-5-8-13(18)14(19)12(10-16)15(20)17-11-6-3-2-4-7-11;5-4(1-6,2-7)3-8/h2-9,12H,1H3,(H,17,20);6-8H,1-3,5H2. The van der Waals surface area contributed by atoms with Crippen LogP contribution in [-0.2, 0) is 11.8 Å². The molecule has 0 aliphatic carbocycles. The zero-order chi connectivity index (χ0) is 21.2. The number of aryl methyl sites for hydroxylation is 1. The maximum Gasteiger partial charge on any atom is 0.249 e. The molecule has 150 valence electrons. The third-order valence-electron chi connectivity index (χ3n) is 3.84. The van der Waals surface area contributed by atoms with Gasteiger partial charge in [0.2, 0.25) is 11.7 Å². The number of amides is 1. The zero-order valence-electron chi connectivity index (χ0n) is 15.4. The molecule has 1 aromatic heterocycles. The van der Waals surface area contributed by atoms with Crippen LogP contribution < -0.4 is 11.1 Å². The molecule has 2 aromatic rings. The van der Waals surface area contributed by atoms with Crippen molar-refractivity contribution < 1.29 is 24.9 Å². The predicted octanol–water partition coefficient (Wildman–Crippen LogP) is -0.353. The summed E-state index contributed by atoms with van der Waals surface area (Å²) >= 11 is 0. The summed E-state index contributed by atoms with van der Waals surface area (Å²) in [6.45, 7) is -1.21. The molecule has 1 atom stereocenters. The third kappa shape index (κ3) is 6.29. The first-order chi connectivity index (χ1) is 13.3. The van der Waals surface area contributed by atoms with Crippen molar-refractivity contribution in [2.75, 3.05) is 25.1 Å². The largest absolute Gasteiger partial charge is 0.394 e. The van der Waals surface area contributed by atoms with Crippen molar-refractivity contribution in [2.24, 2.45) is 18.7 Å². The number of anilines is 1. The van der Waals surface area contributed by atoms with Crippen LogP contribution in [0.2, 0.25) is 0 Å². The van der Waals surface area contributed by atoms with Crippen molar-refractivity contribution in [1.29, 1.82) is 5.26 Å². The second kappa shape index (κ2) is 11.0. The molecule has 1 aromatic carbocycles. The normalized spacial score (nSPS) is 11.6. The summed E-state index contributed by atoms with van der Waals surface area (Å²) in [7, 11) is 1.69. The van der Waals surface area contributed by atoms with Gasteiger partial charge in [-0.05, 0) is 24.3 Å². The van der Waals surface area contributed by atoms with Gasteiger partial charge in [0, 0.05) is 18.9 Å². The molecule has 1 unspecified atom stereocenters. The molecular formula is C19H24N4O5. The first-order valence-corrected chi connectivity index (χ1v) is 8.34. The van der Waals surface area contributed by atoms with E-state index in [0.717, 1.165) is 0 Å². The lowest BCUT2D eigenvalue weighted by Crippen LogP contribution is -2.50. The van der Waals surface area contributed by atoms with Gasteiger partial charge < -0.3 is 30.9 Å². The van der Waals surface area contributed by atoms with E-state index in [2.05, 4.69) is 5.32 Å². The summed E-state index contributed by atoms with van der Waals surface area (Å²) < 4.78 is 1.59. The summed E-state index contributed by atoms with van der Waals surface area (Å²) in [5.74, 6) is -2.48. The van der Waals surface area contributed by atoms with E-state index in [-0.39, 0.29) is 0 Å². The Morgan fingerprint density at radius 3 is 2.11 bits per heavy atom. The monoisotopic (exact) mass is 388 g/mol. The lowest BCUT2D eigenvalue weighted by atomic mass is 10.0. The number of hydrogen-bond donors (Lipinski definition) is 5. The highest BCUT2D eigenvalue weighted by atomic mass is 16.3. The van der Waals surface area contributed by atoms with Gasteiger partial charge in [0.15, 0.2) is 5.92 Å². The molecule has 6 N–H and O–H groups in total. The smallest absolute Gasteiger partial charge is 0.249 e. The van der Waals surface area contributed by atoms with Gasteiger partial charge >= 0.3 is 0 Å². The second-order valence-electron chi connectivity index (χ2n) is 6.12. The Morgan fingerprint density at radius 2 is 1.71 bits per heavy atom. The second-order valence-corrected chi connectivity index (χ2v) is 6.12. The Kier molecular flexibility index (Phi) is 9.01. The Balaban J connectivity index is 0.000000416. The number of nitrogens with zero attached hydrogens (tertiary/aromatic N) is 2. The lowest BCUT2D eigenvalue weighted by Gasteiger charge is -2.20. The van der Waals surface area contributed by atoms with Crippen molar-refractivity contribution in [1.82, 2.24) is 4.57 Å². The number of hydrogen-bond acceptors (Lipinski definition) is 7. The molecule has 1 amide bonds. The minimum absolute atomic E-state index is 0.333. The number of rotatable bonds is 7. The maximum atomic E-state index is 12.2. The molecule has 0 spiro atoms. The number of ketones is 1. The van der Waals surface area contributed by atoms with Crippen molar-refractivity contribution >= 4 is 17.4 Å². The number of nitrogens with one attached hydrogen (secondary N) is 1. The molecule has 0 fully saturated rings. The predicted molar refractivity (Wildman–Crippen MR) is 102 cm³/mol. The fourth-order valence-corrected chi connectivity index (χ4v) is 1.99. The van der Waals surface area contributed by atoms with Crippen LogP contribution in [0.15, 0.2) is 48.7 Å². The lowest BCUT2D eigenvalue weighted by molar-refractivity contribution is -0.117. The Morgan fingerprint density at radius 1 is 1.14 bits per heavy atom. The maximum absolute atomic E-state index is 12.2. The molecule has 0 saturated heterocycles. The van der Waals surface area contributed by atoms with Crippen LogP contribution in [0.1, 0.15) is 10.5 Å². The molecule has 2 rings (SSSR count). The van der Waals surface area contributed by atoms with Gasteiger partial charge in [0.1, 0.15) is 0 Å². The van der Waals surface area contributed by atoms with Crippen molar-refractivity contribution in [3.8, 4) is 6.07 Å². The van der Waals surface area contributed by atoms with Gasteiger partial charge in [-0.2, -0.15) is 5.26 Å². The van der Waals surface area contributed by atoms with Crippen LogP contribution in [-0.4, -0.2) is 56.9 Å². The minimum atomic E-state index is -1.36. The summed E-state index contributed by atoms with van der Waals surface area (Å²) in [5.41, 5.74) is 4.82. The van der Waals surface area contributed by atoms with Gasteiger partial charge in [-0.3, -0.25) is 9.59 Å². The first-order valence-electron chi connectivity index (χ1n) is 8.34. The quantitative estimate of drug-likeness (QED) is 0.320. The molecular weight excluding hydrogens is 364 g/mol. The number of Topliss-reactive ketones (excluding diaryl/α,β-unsaturated/α-hetero) is 1. The average molecular weight is 388 g/mol. The highest BCUT2D eigenvalue weighted by Crippen LogP contribution is 2.13. The Bertz CT molecular complexity index is 801. The zero-order valence-corrected chi connectivity index (χ0v) is 15.4. The summed E-state index contributed by atoms with van der Waals surface area (Å²) in [5, 5.41) is 36.7. The fourth-order valence-electron chi connectivity index (χ4n) is 1.99. The topological polar surface area (TPSA) is 162 Å². The molecule has 1 heterocycles. The van der Waals surface area contributed by atoms with E-state index >= 15 is 0 Å². The molecule has 9 nitrogen and oxygen atoms in total. The van der Waals surface area contributed by atoms with E-state index < -0.39 is 43.0 Å². The fraction of sp³-hybridized carbons (Fsp3) is 0.316. The van der Waals surface area contributed by atoms with E-state index in [0.29, 0.717) is 11.4 Å². The molecule has 28 heavy (non-hydrogen) atoms. The number of aliphatic hydroxyl groups is 3. The number of nitrogens with two attached hydrogens (primary N) is 1. The number of para-hydroxylation sites is 1. The highest BCUT2D eigenvalue weighted by Gasteiger charge is 2.29.